The standard InChI is InChI=1S/C8H17BINO/c1-5(2)11-8(4,9)7(12)6(3)10/h5-6,11H,9H2,1-4H3/t6?,8-/m0/s1. The van der Waals surface area contributed by atoms with Gasteiger partial charge in [0.1, 0.15) is 7.85 Å². The fourth-order valence-corrected chi connectivity index (χ4v) is 2.07. The van der Waals surface area contributed by atoms with Gasteiger partial charge in [-0.3, -0.25) is 4.79 Å². The van der Waals surface area contributed by atoms with Crippen molar-refractivity contribution in [2.45, 2.75) is 43.1 Å². The van der Waals surface area contributed by atoms with Crippen molar-refractivity contribution in [2.75, 3.05) is 0 Å². The lowest BCUT2D eigenvalue weighted by atomic mass is 9.74. The molecule has 0 aromatic heterocycles. The van der Waals surface area contributed by atoms with Crippen molar-refractivity contribution in [3.8, 4) is 0 Å². The third-order valence-corrected chi connectivity index (χ3v) is 2.19. The van der Waals surface area contributed by atoms with Crippen LogP contribution in [0.4, 0.5) is 0 Å². The number of nitrogens with one attached hydrogen (secondary N) is 1. The fourth-order valence-electron chi connectivity index (χ4n) is 1.29. The van der Waals surface area contributed by atoms with Crippen molar-refractivity contribution in [3.05, 3.63) is 0 Å². The van der Waals surface area contributed by atoms with E-state index in [1.165, 1.54) is 0 Å². The highest BCUT2D eigenvalue weighted by Crippen LogP contribution is 2.10. The van der Waals surface area contributed by atoms with Crippen LogP contribution in [0.5, 0.6) is 0 Å². The van der Waals surface area contributed by atoms with E-state index < -0.39 is 5.44 Å². The molecule has 4 heteroatoms. The predicted molar refractivity (Wildman–Crippen MR) is 63.7 cm³/mol. The van der Waals surface area contributed by atoms with Crippen molar-refractivity contribution >= 4 is 36.2 Å². The molecule has 2 nitrogen and oxygen atoms in total. The van der Waals surface area contributed by atoms with E-state index in [-0.39, 0.29) is 9.71 Å². The molecule has 2 atom stereocenters. The third-order valence-electron chi connectivity index (χ3n) is 1.63. The van der Waals surface area contributed by atoms with E-state index in [1.54, 1.807) is 0 Å². The third kappa shape index (κ3) is 3.89. The van der Waals surface area contributed by atoms with Crippen LogP contribution in [-0.2, 0) is 4.79 Å². The molecule has 1 unspecified atom stereocenters. The second kappa shape index (κ2) is 4.60. The van der Waals surface area contributed by atoms with Crippen LogP contribution in [0, 0.1) is 0 Å². The molecule has 12 heavy (non-hydrogen) atoms. The first kappa shape index (κ1) is 12.4. The predicted octanol–water partition coefficient (Wildman–Crippen LogP) is 0.726. The zero-order chi connectivity index (χ0) is 9.94. The van der Waals surface area contributed by atoms with Gasteiger partial charge in [-0.2, -0.15) is 0 Å². The molecular formula is C8H17BINO. The molecule has 0 aliphatic carbocycles. The normalized spacial score (nSPS) is 18.8. The van der Waals surface area contributed by atoms with E-state index in [0.717, 1.165) is 0 Å². The number of Topliss-reactive ketones (excluding diaryl/α,β-unsaturated/α-hetero) is 1. The zero-order valence-corrected chi connectivity index (χ0v) is 10.6. The van der Waals surface area contributed by atoms with Gasteiger partial charge in [0.2, 0.25) is 0 Å². The van der Waals surface area contributed by atoms with Crippen LogP contribution in [0.3, 0.4) is 0 Å². The summed E-state index contributed by atoms with van der Waals surface area (Å²) in [6, 6.07) is 0.346. The number of carbonyl (C=O) groups is 1. The summed E-state index contributed by atoms with van der Waals surface area (Å²) >= 11 is 2.15. The summed E-state index contributed by atoms with van der Waals surface area (Å²) in [5.74, 6) is 0.261. The lowest BCUT2D eigenvalue weighted by Gasteiger charge is -2.28. The highest BCUT2D eigenvalue weighted by Gasteiger charge is 2.29. The molecule has 0 bridgehead atoms. The molecule has 0 aliphatic rings. The van der Waals surface area contributed by atoms with Gasteiger partial charge < -0.3 is 5.32 Å². The summed E-state index contributed by atoms with van der Waals surface area (Å²) < 4.78 is 0.0730. The van der Waals surface area contributed by atoms with Gasteiger partial charge in [-0.25, -0.2) is 0 Å². The van der Waals surface area contributed by atoms with Gasteiger partial charge in [0.15, 0.2) is 5.78 Å². The van der Waals surface area contributed by atoms with E-state index in [0.29, 0.717) is 6.04 Å². The second-order valence-corrected chi connectivity index (χ2v) is 5.77. The molecule has 0 fully saturated rings. The van der Waals surface area contributed by atoms with Gasteiger partial charge in [0.05, 0.1) is 3.92 Å². The lowest BCUT2D eigenvalue weighted by molar-refractivity contribution is -0.121. The Labute approximate surface area is 89.4 Å². The first-order valence-corrected chi connectivity index (χ1v) is 5.48. The van der Waals surface area contributed by atoms with Gasteiger partial charge in [0.25, 0.3) is 0 Å². The first-order valence-electron chi connectivity index (χ1n) is 4.23. The van der Waals surface area contributed by atoms with Crippen LogP contribution in [-0.4, -0.2) is 29.0 Å². The smallest absolute Gasteiger partial charge is 0.156 e. The van der Waals surface area contributed by atoms with Crippen molar-refractivity contribution in [2.24, 2.45) is 0 Å². The van der Waals surface area contributed by atoms with Crippen molar-refractivity contribution < 1.29 is 4.79 Å². The minimum atomic E-state index is -0.394. The minimum Gasteiger partial charge on any atom is -0.310 e. The maximum absolute atomic E-state index is 11.6. The topological polar surface area (TPSA) is 29.1 Å². The molecule has 0 saturated carbocycles. The Kier molecular flexibility index (Phi) is 4.77. The van der Waals surface area contributed by atoms with Gasteiger partial charge in [-0.05, 0) is 13.8 Å². The zero-order valence-electron chi connectivity index (χ0n) is 8.44. The monoisotopic (exact) mass is 281 g/mol. The van der Waals surface area contributed by atoms with Crippen LogP contribution >= 0.6 is 22.6 Å². The highest BCUT2D eigenvalue weighted by atomic mass is 127. The Bertz CT molecular complexity index is 168. The summed E-state index contributed by atoms with van der Waals surface area (Å²) in [6.07, 6.45) is 0. The maximum Gasteiger partial charge on any atom is 0.156 e. The molecule has 0 aromatic carbocycles. The average molecular weight is 281 g/mol. The Morgan fingerprint density at radius 1 is 1.50 bits per heavy atom. The summed E-state index contributed by atoms with van der Waals surface area (Å²) in [7, 11) is 1.94. The van der Waals surface area contributed by atoms with Crippen LogP contribution in [0.25, 0.3) is 0 Å². The minimum absolute atomic E-state index is 0.0730. The number of alkyl halides is 1. The lowest BCUT2D eigenvalue weighted by Crippen LogP contribution is -2.55. The molecule has 0 spiro atoms. The highest BCUT2D eigenvalue weighted by molar-refractivity contribution is 14.1. The molecule has 0 radical (unpaired) electrons. The average Bonchev–Trinajstić information content (AvgIpc) is 1.82. The van der Waals surface area contributed by atoms with E-state index >= 15 is 0 Å². The molecule has 0 saturated heterocycles. The molecular weight excluding hydrogens is 264 g/mol. The fraction of sp³-hybridized carbons (Fsp3) is 0.875. The number of halogens is 1. The van der Waals surface area contributed by atoms with Crippen molar-refractivity contribution in [1.82, 2.24) is 5.32 Å². The number of hydrogen-bond acceptors (Lipinski definition) is 2. The van der Waals surface area contributed by atoms with Gasteiger partial charge in [0, 0.05) is 11.5 Å². The van der Waals surface area contributed by atoms with Crippen molar-refractivity contribution in [3.63, 3.8) is 0 Å². The van der Waals surface area contributed by atoms with Gasteiger partial charge in [-0.1, -0.05) is 36.4 Å². The van der Waals surface area contributed by atoms with E-state index in [9.17, 15) is 4.79 Å². The van der Waals surface area contributed by atoms with E-state index in [2.05, 4.69) is 27.9 Å². The van der Waals surface area contributed by atoms with Crippen LogP contribution in [0.2, 0.25) is 0 Å². The Hall–Kier alpha value is 0.425. The first-order chi connectivity index (χ1) is 5.27. The molecule has 0 amide bonds. The second-order valence-electron chi connectivity index (χ2n) is 3.90. The van der Waals surface area contributed by atoms with Crippen molar-refractivity contribution in [1.29, 1.82) is 0 Å². The quantitative estimate of drug-likeness (QED) is 0.467. The summed E-state index contributed by atoms with van der Waals surface area (Å²) in [4.78, 5) is 11.6. The molecule has 0 heterocycles. The number of rotatable bonds is 4. The van der Waals surface area contributed by atoms with Gasteiger partial charge in [-0.15, -0.1) is 0 Å². The molecule has 1 N–H and O–H groups in total. The Morgan fingerprint density at radius 3 is 2.17 bits per heavy atom. The van der Waals surface area contributed by atoms with Crippen LogP contribution < -0.4 is 5.32 Å². The number of carbonyl (C=O) groups excluding carboxylic acids is 1. The summed E-state index contributed by atoms with van der Waals surface area (Å²) in [5, 5.41) is 3.25. The van der Waals surface area contributed by atoms with Gasteiger partial charge >= 0.3 is 0 Å². The Balaban J connectivity index is 4.29. The number of hydrogen-bond donors (Lipinski definition) is 1. The Morgan fingerprint density at radius 2 is 1.92 bits per heavy atom. The SMILES string of the molecule is B[C@@](C)(NC(C)C)C(=O)C(C)I. The summed E-state index contributed by atoms with van der Waals surface area (Å²) in [6.45, 7) is 7.96. The van der Waals surface area contributed by atoms with Crippen LogP contribution in [0.15, 0.2) is 0 Å². The van der Waals surface area contributed by atoms with E-state index in [1.807, 2.05) is 35.5 Å². The maximum atomic E-state index is 11.6. The number of ketones is 1. The molecule has 0 aliphatic heterocycles. The van der Waals surface area contributed by atoms with E-state index in [4.69, 9.17) is 0 Å². The van der Waals surface area contributed by atoms with Crippen LogP contribution in [0.1, 0.15) is 27.7 Å². The largest absolute Gasteiger partial charge is 0.310 e. The summed E-state index contributed by atoms with van der Waals surface area (Å²) in [5.41, 5.74) is -0.394. The molecule has 0 rings (SSSR count). The molecule has 70 valence electrons. The molecule has 0 aromatic rings.